The van der Waals surface area contributed by atoms with Crippen molar-refractivity contribution in [3.8, 4) is 0 Å². The van der Waals surface area contributed by atoms with Gasteiger partial charge in [0.25, 0.3) is 5.56 Å². The maximum Gasteiger partial charge on any atom is 0.268 e. The van der Waals surface area contributed by atoms with Gasteiger partial charge in [0.1, 0.15) is 0 Å². The van der Waals surface area contributed by atoms with Crippen molar-refractivity contribution < 1.29 is 0 Å². The van der Waals surface area contributed by atoms with Crippen molar-refractivity contribution in [2.24, 2.45) is 5.92 Å². The minimum Gasteiger partial charge on any atom is -0.383 e. The van der Waals surface area contributed by atoms with Crippen LogP contribution in [-0.4, -0.2) is 16.3 Å². The van der Waals surface area contributed by atoms with E-state index in [0.717, 1.165) is 44.0 Å². The Hall–Kier alpha value is -1.32. The number of rotatable bonds is 7. The molecule has 0 aliphatic heterocycles. The third kappa shape index (κ3) is 3.88. The zero-order valence-corrected chi connectivity index (χ0v) is 10.5. The van der Waals surface area contributed by atoms with Crippen LogP contribution < -0.4 is 10.9 Å². The topological polar surface area (TPSA) is 46.9 Å². The summed E-state index contributed by atoms with van der Waals surface area (Å²) in [5, 5.41) is 7.46. The van der Waals surface area contributed by atoms with Gasteiger partial charge in [-0.2, -0.15) is 5.10 Å². The Morgan fingerprint density at radius 2 is 2.29 bits per heavy atom. The molecule has 1 fully saturated rings. The lowest BCUT2D eigenvalue weighted by Crippen LogP contribution is -2.22. The van der Waals surface area contributed by atoms with Crippen molar-refractivity contribution in [3.05, 3.63) is 22.6 Å². The van der Waals surface area contributed by atoms with Crippen LogP contribution >= 0.6 is 0 Å². The molecule has 17 heavy (non-hydrogen) atoms. The van der Waals surface area contributed by atoms with Crippen LogP contribution in [-0.2, 0) is 6.54 Å². The van der Waals surface area contributed by atoms with Crippen molar-refractivity contribution in [3.63, 3.8) is 0 Å². The molecule has 4 heteroatoms. The number of hydrogen-bond acceptors (Lipinski definition) is 3. The highest BCUT2D eigenvalue weighted by molar-refractivity contribution is 5.38. The van der Waals surface area contributed by atoms with Gasteiger partial charge in [0.2, 0.25) is 0 Å². The Morgan fingerprint density at radius 1 is 1.47 bits per heavy atom. The van der Waals surface area contributed by atoms with Gasteiger partial charge in [0.05, 0.1) is 11.9 Å². The molecule has 0 spiro atoms. The van der Waals surface area contributed by atoms with Gasteiger partial charge in [0, 0.05) is 19.2 Å². The first-order valence-electron chi connectivity index (χ1n) is 6.60. The lowest BCUT2D eigenvalue weighted by molar-refractivity contribution is 0.528. The van der Waals surface area contributed by atoms with Crippen molar-refractivity contribution in [1.82, 2.24) is 9.78 Å². The fourth-order valence-corrected chi connectivity index (χ4v) is 1.79. The molecule has 1 N–H and O–H groups in total. The number of aryl methyl sites for hydroxylation is 1. The zero-order chi connectivity index (χ0) is 12.1. The van der Waals surface area contributed by atoms with Gasteiger partial charge in [-0.3, -0.25) is 4.79 Å². The van der Waals surface area contributed by atoms with E-state index in [1.54, 1.807) is 16.9 Å². The molecule has 0 atom stereocenters. The average Bonchev–Trinajstić information content (AvgIpc) is 3.13. The Labute approximate surface area is 102 Å². The van der Waals surface area contributed by atoms with E-state index in [-0.39, 0.29) is 5.56 Å². The Bertz CT molecular complexity index is 409. The highest BCUT2D eigenvalue weighted by Gasteiger charge is 2.20. The summed E-state index contributed by atoms with van der Waals surface area (Å²) in [5.41, 5.74) is 0.857. The summed E-state index contributed by atoms with van der Waals surface area (Å²) in [4.78, 5) is 11.8. The summed E-state index contributed by atoms with van der Waals surface area (Å²) in [6, 6.07) is 1.65. The maximum atomic E-state index is 11.8. The van der Waals surface area contributed by atoms with E-state index in [9.17, 15) is 4.79 Å². The summed E-state index contributed by atoms with van der Waals surface area (Å²) < 4.78 is 1.55. The second-order valence-electron chi connectivity index (χ2n) is 4.84. The number of unbranched alkanes of at least 4 members (excludes halogenated alkanes) is 2. The quantitative estimate of drug-likeness (QED) is 0.737. The zero-order valence-electron chi connectivity index (χ0n) is 10.5. The standard InChI is InChI=1S/C13H21N3O/c1-2-3-4-7-16-13(17)8-12(10-15-16)14-9-11-5-6-11/h8,10-11,14H,2-7,9H2,1H3. The number of hydrogen-bond donors (Lipinski definition) is 1. The van der Waals surface area contributed by atoms with Crippen LogP contribution in [0.4, 0.5) is 5.69 Å². The molecule has 1 aromatic rings. The van der Waals surface area contributed by atoms with Gasteiger partial charge in [-0.05, 0) is 25.2 Å². The summed E-state index contributed by atoms with van der Waals surface area (Å²) in [7, 11) is 0. The van der Waals surface area contributed by atoms with E-state index in [4.69, 9.17) is 0 Å². The van der Waals surface area contributed by atoms with Crippen LogP contribution in [0.1, 0.15) is 39.0 Å². The van der Waals surface area contributed by atoms with Crippen LogP contribution in [0, 0.1) is 5.92 Å². The lowest BCUT2D eigenvalue weighted by Gasteiger charge is -2.07. The van der Waals surface area contributed by atoms with E-state index < -0.39 is 0 Å². The summed E-state index contributed by atoms with van der Waals surface area (Å²) >= 11 is 0. The van der Waals surface area contributed by atoms with Gasteiger partial charge < -0.3 is 5.32 Å². The summed E-state index contributed by atoms with van der Waals surface area (Å²) in [5.74, 6) is 0.807. The molecule has 0 unspecified atom stereocenters. The SMILES string of the molecule is CCCCCn1ncc(NCC2CC2)cc1=O. The fourth-order valence-electron chi connectivity index (χ4n) is 1.79. The lowest BCUT2D eigenvalue weighted by atomic mass is 10.2. The Morgan fingerprint density at radius 3 is 2.94 bits per heavy atom. The highest BCUT2D eigenvalue weighted by atomic mass is 16.1. The van der Waals surface area contributed by atoms with Gasteiger partial charge in [-0.25, -0.2) is 4.68 Å². The fraction of sp³-hybridized carbons (Fsp3) is 0.692. The molecule has 94 valence electrons. The minimum atomic E-state index is 0.00176. The molecule has 1 aliphatic rings. The van der Waals surface area contributed by atoms with Crippen LogP contribution in [0.5, 0.6) is 0 Å². The van der Waals surface area contributed by atoms with Crippen LogP contribution in [0.3, 0.4) is 0 Å². The average molecular weight is 235 g/mol. The van der Waals surface area contributed by atoms with Crippen molar-refractivity contribution in [1.29, 1.82) is 0 Å². The van der Waals surface area contributed by atoms with Crippen LogP contribution in [0.25, 0.3) is 0 Å². The summed E-state index contributed by atoms with van der Waals surface area (Å²) in [6.45, 7) is 3.86. The van der Waals surface area contributed by atoms with E-state index in [2.05, 4.69) is 17.3 Å². The molecule has 0 aromatic carbocycles. The molecule has 1 heterocycles. The van der Waals surface area contributed by atoms with E-state index >= 15 is 0 Å². The number of nitrogens with zero attached hydrogens (tertiary/aromatic N) is 2. The van der Waals surface area contributed by atoms with Crippen molar-refractivity contribution in [2.45, 2.75) is 45.6 Å². The predicted octanol–water partition coefficient (Wildman–Crippen LogP) is 2.26. The largest absolute Gasteiger partial charge is 0.383 e. The third-order valence-corrected chi connectivity index (χ3v) is 3.13. The van der Waals surface area contributed by atoms with Crippen molar-refractivity contribution in [2.75, 3.05) is 11.9 Å². The molecule has 0 amide bonds. The Balaban J connectivity index is 1.88. The third-order valence-electron chi connectivity index (χ3n) is 3.13. The molecule has 4 nitrogen and oxygen atoms in total. The second kappa shape index (κ2) is 5.84. The van der Waals surface area contributed by atoms with Gasteiger partial charge in [-0.1, -0.05) is 19.8 Å². The van der Waals surface area contributed by atoms with Crippen molar-refractivity contribution >= 4 is 5.69 Å². The normalized spacial score (nSPS) is 14.9. The van der Waals surface area contributed by atoms with Gasteiger partial charge >= 0.3 is 0 Å². The van der Waals surface area contributed by atoms with Gasteiger partial charge in [0.15, 0.2) is 0 Å². The molecule has 1 saturated carbocycles. The molecule has 1 aliphatic carbocycles. The molecule has 0 saturated heterocycles. The first-order chi connectivity index (χ1) is 8.29. The van der Waals surface area contributed by atoms with E-state index in [0.29, 0.717) is 0 Å². The monoisotopic (exact) mass is 235 g/mol. The maximum absolute atomic E-state index is 11.8. The molecular weight excluding hydrogens is 214 g/mol. The summed E-state index contributed by atoms with van der Waals surface area (Å²) in [6.07, 6.45) is 7.72. The first kappa shape index (κ1) is 12.1. The molecular formula is C13H21N3O. The molecule has 2 rings (SSSR count). The molecule has 0 radical (unpaired) electrons. The number of nitrogens with one attached hydrogen (secondary N) is 1. The highest BCUT2D eigenvalue weighted by Crippen LogP contribution is 2.28. The Kier molecular flexibility index (Phi) is 4.18. The second-order valence-corrected chi connectivity index (χ2v) is 4.84. The van der Waals surface area contributed by atoms with Crippen LogP contribution in [0.15, 0.2) is 17.1 Å². The minimum absolute atomic E-state index is 0.00176. The smallest absolute Gasteiger partial charge is 0.268 e. The van der Waals surface area contributed by atoms with Gasteiger partial charge in [-0.15, -0.1) is 0 Å². The van der Waals surface area contributed by atoms with E-state index in [1.807, 2.05) is 0 Å². The number of aromatic nitrogens is 2. The first-order valence-corrected chi connectivity index (χ1v) is 6.60. The number of anilines is 1. The molecule has 0 bridgehead atoms. The van der Waals surface area contributed by atoms with E-state index in [1.165, 1.54) is 12.8 Å². The predicted molar refractivity (Wildman–Crippen MR) is 69.2 cm³/mol. The van der Waals surface area contributed by atoms with Crippen LogP contribution in [0.2, 0.25) is 0 Å². The molecule has 1 aromatic heterocycles.